The zero-order chi connectivity index (χ0) is 15.5. The second-order valence-corrected chi connectivity index (χ2v) is 5.82. The summed E-state index contributed by atoms with van der Waals surface area (Å²) in [6.45, 7) is 2.23. The Morgan fingerprint density at radius 3 is 2.86 bits per heavy atom. The van der Waals surface area contributed by atoms with E-state index in [9.17, 15) is 9.59 Å². The maximum absolute atomic E-state index is 11.9. The highest BCUT2D eigenvalue weighted by molar-refractivity contribution is 5.93. The molecule has 1 aromatic rings. The first kappa shape index (κ1) is 14.8. The monoisotopic (exact) mass is 296 g/mol. The van der Waals surface area contributed by atoms with E-state index in [-0.39, 0.29) is 17.7 Å². The number of rotatable bonds is 3. The van der Waals surface area contributed by atoms with Crippen LogP contribution in [0.2, 0.25) is 0 Å². The van der Waals surface area contributed by atoms with Crippen molar-refractivity contribution in [3.05, 3.63) is 58.7 Å². The van der Waals surface area contributed by atoms with Crippen molar-refractivity contribution in [1.82, 2.24) is 0 Å². The van der Waals surface area contributed by atoms with E-state index in [4.69, 9.17) is 4.74 Å². The van der Waals surface area contributed by atoms with Gasteiger partial charge in [-0.25, -0.2) is 0 Å². The predicted molar refractivity (Wildman–Crippen MR) is 84.5 cm³/mol. The molecule has 1 aromatic carbocycles. The summed E-state index contributed by atoms with van der Waals surface area (Å²) in [6.07, 6.45) is 6.42. The fraction of sp³-hybridized carbons (Fsp3) is 0.368. The van der Waals surface area contributed by atoms with E-state index in [1.165, 1.54) is 16.7 Å². The van der Waals surface area contributed by atoms with Crippen LogP contribution < -0.4 is 0 Å². The first-order chi connectivity index (χ1) is 10.7. The van der Waals surface area contributed by atoms with Crippen LogP contribution in [0.25, 0.3) is 0 Å². The molecule has 3 nitrogen and oxygen atoms in total. The fourth-order valence-corrected chi connectivity index (χ4v) is 3.30. The van der Waals surface area contributed by atoms with Crippen molar-refractivity contribution < 1.29 is 14.3 Å². The molecule has 0 N–H and O–H groups in total. The molecule has 3 heteroatoms. The summed E-state index contributed by atoms with van der Waals surface area (Å²) in [7, 11) is 0. The molecule has 2 aliphatic rings. The Morgan fingerprint density at radius 2 is 2.05 bits per heavy atom. The number of benzene rings is 1. The van der Waals surface area contributed by atoms with Crippen LogP contribution >= 0.6 is 0 Å². The number of allylic oxidation sites excluding steroid dienone is 4. The van der Waals surface area contributed by atoms with Crippen LogP contribution in [-0.4, -0.2) is 18.4 Å². The molecule has 0 spiro atoms. The summed E-state index contributed by atoms with van der Waals surface area (Å²) in [5.41, 5.74) is 4.69. The van der Waals surface area contributed by atoms with Crippen LogP contribution in [0.15, 0.2) is 47.6 Å². The molecular formula is C19H20O3. The van der Waals surface area contributed by atoms with Crippen LogP contribution in [-0.2, 0) is 20.7 Å². The van der Waals surface area contributed by atoms with Crippen LogP contribution in [0.5, 0.6) is 0 Å². The van der Waals surface area contributed by atoms with E-state index in [1.54, 1.807) is 6.08 Å². The van der Waals surface area contributed by atoms with E-state index in [2.05, 4.69) is 18.2 Å². The van der Waals surface area contributed by atoms with Gasteiger partial charge in [0.25, 0.3) is 0 Å². The molecule has 0 radical (unpaired) electrons. The van der Waals surface area contributed by atoms with Crippen molar-refractivity contribution in [2.24, 2.45) is 0 Å². The highest BCUT2D eigenvalue weighted by Crippen LogP contribution is 2.37. The molecular weight excluding hydrogens is 276 g/mol. The Kier molecular flexibility index (Phi) is 4.23. The molecule has 0 bridgehead atoms. The summed E-state index contributed by atoms with van der Waals surface area (Å²) < 4.78 is 5.12. The van der Waals surface area contributed by atoms with Gasteiger partial charge in [-0.2, -0.15) is 0 Å². The molecule has 0 fully saturated rings. The SMILES string of the molecule is CCOC(=O)CC1C=C2CCC(=O)C=C2Cc2ccccc21. The summed E-state index contributed by atoms with van der Waals surface area (Å²) in [5, 5.41) is 0. The lowest BCUT2D eigenvalue weighted by molar-refractivity contribution is -0.143. The van der Waals surface area contributed by atoms with E-state index in [0.29, 0.717) is 19.4 Å². The van der Waals surface area contributed by atoms with Gasteiger partial charge in [-0.1, -0.05) is 30.3 Å². The van der Waals surface area contributed by atoms with Crippen molar-refractivity contribution in [3.63, 3.8) is 0 Å². The molecule has 0 saturated carbocycles. The third kappa shape index (κ3) is 3.03. The van der Waals surface area contributed by atoms with Crippen molar-refractivity contribution in [1.29, 1.82) is 0 Å². The van der Waals surface area contributed by atoms with Crippen LogP contribution in [0.1, 0.15) is 43.2 Å². The molecule has 3 rings (SSSR count). The smallest absolute Gasteiger partial charge is 0.306 e. The standard InChI is InChI=1S/C19H20O3/c1-2-22-19(21)12-16-9-13-7-8-17(20)11-15(13)10-14-5-3-4-6-18(14)16/h3-6,9,11,16H,2,7-8,10,12H2,1H3. The molecule has 0 amide bonds. The number of hydrogen-bond acceptors (Lipinski definition) is 3. The first-order valence-electron chi connectivity index (χ1n) is 7.85. The fourth-order valence-electron chi connectivity index (χ4n) is 3.30. The summed E-state index contributed by atoms with van der Waals surface area (Å²) in [4.78, 5) is 23.6. The molecule has 1 atom stereocenters. The molecule has 0 saturated heterocycles. The molecule has 0 aliphatic heterocycles. The third-order valence-corrected chi connectivity index (χ3v) is 4.32. The van der Waals surface area contributed by atoms with Crippen LogP contribution in [0.4, 0.5) is 0 Å². The molecule has 0 heterocycles. The number of esters is 1. The van der Waals surface area contributed by atoms with Gasteiger partial charge in [0, 0.05) is 12.3 Å². The molecule has 0 aromatic heterocycles. The zero-order valence-electron chi connectivity index (χ0n) is 12.8. The number of carbonyl (C=O) groups excluding carboxylic acids is 2. The normalized spacial score (nSPS) is 20.2. The number of ketones is 1. The lowest BCUT2D eigenvalue weighted by atomic mass is 9.89. The first-order valence-corrected chi connectivity index (χ1v) is 7.85. The minimum absolute atomic E-state index is 0.0318. The Balaban J connectivity index is 1.99. The Labute approximate surface area is 130 Å². The summed E-state index contributed by atoms with van der Waals surface area (Å²) in [5.74, 6) is 0.0660. The molecule has 114 valence electrons. The van der Waals surface area contributed by atoms with Crippen LogP contribution in [0, 0.1) is 0 Å². The average Bonchev–Trinajstić information content (AvgIpc) is 2.64. The molecule has 22 heavy (non-hydrogen) atoms. The predicted octanol–water partition coefficient (Wildman–Crippen LogP) is 3.50. The quantitative estimate of drug-likeness (QED) is 0.802. The second kappa shape index (κ2) is 6.30. The highest BCUT2D eigenvalue weighted by Gasteiger charge is 2.25. The Bertz CT molecular complexity index is 667. The van der Waals surface area contributed by atoms with Gasteiger partial charge in [0.1, 0.15) is 0 Å². The van der Waals surface area contributed by atoms with Crippen molar-refractivity contribution in [2.45, 2.75) is 38.5 Å². The van der Waals surface area contributed by atoms with Gasteiger partial charge in [0.15, 0.2) is 5.78 Å². The Hall–Kier alpha value is -2.16. The minimum atomic E-state index is -0.168. The molecule has 2 aliphatic carbocycles. The maximum Gasteiger partial charge on any atom is 0.306 e. The zero-order valence-corrected chi connectivity index (χ0v) is 12.8. The van der Waals surface area contributed by atoms with Crippen molar-refractivity contribution in [2.75, 3.05) is 6.61 Å². The largest absolute Gasteiger partial charge is 0.466 e. The van der Waals surface area contributed by atoms with Crippen molar-refractivity contribution >= 4 is 11.8 Å². The van der Waals surface area contributed by atoms with Gasteiger partial charge in [-0.3, -0.25) is 9.59 Å². The second-order valence-electron chi connectivity index (χ2n) is 5.82. The number of fused-ring (bicyclic) bond motifs is 2. The van der Waals surface area contributed by atoms with E-state index in [0.717, 1.165) is 18.4 Å². The van der Waals surface area contributed by atoms with E-state index >= 15 is 0 Å². The number of ether oxygens (including phenoxy) is 1. The Morgan fingerprint density at radius 1 is 1.23 bits per heavy atom. The van der Waals surface area contributed by atoms with Gasteiger partial charge in [0.05, 0.1) is 13.0 Å². The van der Waals surface area contributed by atoms with Gasteiger partial charge < -0.3 is 4.74 Å². The average molecular weight is 296 g/mol. The lowest BCUT2D eigenvalue weighted by Gasteiger charge is -2.15. The van der Waals surface area contributed by atoms with E-state index < -0.39 is 0 Å². The highest BCUT2D eigenvalue weighted by atomic mass is 16.5. The number of hydrogen-bond donors (Lipinski definition) is 0. The topological polar surface area (TPSA) is 43.4 Å². The van der Waals surface area contributed by atoms with Gasteiger partial charge >= 0.3 is 5.97 Å². The van der Waals surface area contributed by atoms with Gasteiger partial charge in [-0.15, -0.1) is 0 Å². The maximum atomic E-state index is 11.9. The van der Waals surface area contributed by atoms with Crippen LogP contribution in [0.3, 0.4) is 0 Å². The summed E-state index contributed by atoms with van der Waals surface area (Å²) in [6, 6.07) is 8.18. The number of carbonyl (C=O) groups is 2. The lowest BCUT2D eigenvalue weighted by Crippen LogP contribution is -2.10. The minimum Gasteiger partial charge on any atom is -0.466 e. The van der Waals surface area contributed by atoms with E-state index in [1.807, 2.05) is 19.1 Å². The third-order valence-electron chi connectivity index (χ3n) is 4.32. The van der Waals surface area contributed by atoms with Gasteiger partial charge in [0.2, 0.25) is 0 Å². The van der Waals surface area contributed by atoms with Crippen molar-refractivity contribution in [3.8, 4) is 0 Å². The van der Waals surface area contributed by atoms with Gasteiger partial charge in [-0.05, 0) is 48.1 Å². The summed E-state index contributed by atoms with van der Waals surface area (Å²) >= 11 is 0. The molecule has 1 unspecified atom stereocenters.